The minimum atomic E-state index is -0.652. The molecule has 3 rings (SSSR count). The van der Waals surface area contributed by atoms with E-state index >= 15 is 0 Å². The molecule has 0 radical (unpaired) electrons. The molecule has 0 aliphatic carbocycles. The summed E-state index contributed by atoms with van der Waals surface area (Å²) in [7, 11) is 0. The Morgan fingerprint density at radius 2 is 2.04 bits per heavy atom. The fourth-order valence-corrected chi connectivity index (χ4v) is 2.60. The molecule has 0 bridgehead atoms. The molecule has 2 amide bonds. The van der Waals surface area contributed by atoms with Gasteiger partial charge in [0.1, 0.15) is 18.0 Å². The van der Waals surface area contributed by atoms with E-state index in [-0.39, 0.29) is 18.2 Å². The fourth-order valence-electron chi connectivity index (χ4n) is 2.60. The molecule has 1 heterocycles. The second kappa shape index (κ2) is 6.23. The largest absolute Gasteiger partial charge is 0.506 e. The highest BCUT2D eigenvalue weighted by Gasteiger charge is 2.32. The SMILES string of the molecule is Cc1ccc(NC(=O)CN2C(=O)[C@@H](C)Oc3ccccc32)c(O)c1. The van der Waals surface area contributed by atoms with Gasteiger partial charge in [-0.05, 0) is 43.7 Å². The zero-order valence-electron chi connectivity index (χ0n) is 13.4. The number of aromatic hydroxyl groups is 1. The fraction of sp³-hybridized carbons (Fsp3) is 0.222. The molecule has 6 heteroatoms. The molecule has 6 nitrogen and oxygen atoms in total. The Kier molecular flexibility index (Phi) is 4.12. The Labute approximate surface area is 139 Å². The zero-order chi connectivity index (χ0) is 17.3. The van der Waals surface area contributed by atoms with E-state index in [1.165, 1.54) is 4.90 Å². The number of benzene rings is 2. The predicted octanol–water partition coefficient (Wildman–Crippen LogP) is 2.45. The number of ether oxygens (including phenoxy) is 1. The number of carbonyl (C=O) groups excluding carboxylic acids is 2. The molecule has 124 valence electrons. The lowest BCUT2D eigenvalue weighted by molar-refractivity contribution is -0.127. The van der Waals surface area contributed by atoms with Gasteiger partial charge >= 0.3 is 0 Å². The number of hydrogen-bond donors (Lipinski definition) is 2. The molecule has 1 aliphatic heterocycles. The Morgan fingerprint density at radius 1 is 1.29 bits per heavy atom. The van der Waals surface area contributed by atoms with Gasteiger partial charge in [-0.2, -0.15) is 0 Å². The summed E-state index contributed by atoms with van der Waals surface area (Å²) >= 11 is 0. The number of amides is 2. The molecule has 0 spiro atoms. The van der Waals surface area contributed by atoms with Crippen LogP contribution >= 0.6 is 0 Å². The third-order valence-electron chi connectivity index (χ3n) is 3.80. The van der Waals surface area contributed by atoms with Crippen LogP contribution < -0.4 is 15.0 Å². The van der Waals surface area contributed by atoms with Gasteiger partial charge in [-0.25, -0.2) is 0 Å². The van der Waals surface area contributed by atoms with E-state index in [2.05, 4.69) is 5.32 Å². The van der Waals surface area contributed by atoms with E-state index in [9.17, 15) is 14.7 Å². The summed E-state index contributed by atoms with van der Waals surface area (Å²) in [6.45, 7) is 3.34. The van der Waals surface area contributed by atoms with Crippen LogP contribution in [-0.4, -0.2) is 29.6 Å². The van der Waals surface area contributed by atoms with Crippen molar-refractivity contribution < 1.29 is 19.4 Å². The monoisotopic (exact) mass is 326 g/mol. The maximum Gasteiger partial charge on any atom is 0.268 e. The van der Waals surface area contributed by atoms with E-state index in [1.807, 2.05) is 13.0 Å². The first-order chi connectivity index (χ1) is 11.5. The summed E-state index contributed by atoms with van der Waals surface area (Å²) in [6.07, 6.45) is -0.652. The number of anilines is 2. The van der Waals surface area contributed by atoms with Crippen LogP contribution in [0, 0.1) is 6.92 Å². The molecule has 1 aliphatic rings. The standard InChI is InChI=1S/C18H18N2O4/c1-11-7-8-13(15(21)9-11)19-17(22)10-20-14-5-3-4-6-16(14)24-12(2)18(20)23/h3-9,12,21H,10H2,1-2H3,(H,19,22)/t12-/m1/s1. The molecule has 0 fully saturated rings. The molecule has 0 saturated carbocycles. The van der Waals surface area contributed by atoms with Crippen molar-refractivity contribution in [2.75, 3.05) is 16.8 Å². The second-order valence-electron chi connectivity index (χ2n) is 5.72. The van der Waals surface area contributed by atoms with E-state index in [1.54, 1.807) is 43.3 Å². The van der Waals surface area contributed by atoms with Crippen LogP contribution in [0.2, 0.25) is 0 Å². The third-order valence-corrected chi connectivity index (χ3v) is 3.80. The average Bonchev–Trinajstić information content (AvgIpc) is 2.54. The topological polar surface area (TPSA) is 78.9 Å². The van der Waals surface area contributed by atoms with Gasteiger partial charge in [0.05, 0.1) is 11.4 Å². The van der Waals surface area contributed by atoms with Crippen molar-refractivity contribution in [3.8, 4) is 11.5 Å². The minimum absolute atomic E-state index is 0.00887. The smallest absolute Gasteiger partial charge is 0.268 e. The Morgan fingerprint density at radius 3 is 2.79 bits per heavy atom. The van der Waals surface area contributed by atoms with Crippen LogP contribution in [-0.2, 0) is 9.59 Å². The number of nitrogens with one attached hydrogen (secondary N) is 1. The molecular formula is C18H18N2O4. The van der Waals surface area contributed by atoms with Crippen molar-refractivity contribution in [3.05, 3.63) is 48.0 Å². The number of aryl methyl sites for hydroxylation is 1. The first-order valence-electron chi connectivity index (χ1n) is 7.62. The lowest BCUT2D eigenvalue weighted by atomic mass is 10.2. The minimum Gasteiger partial charge on any atom is -0.506 e. The molecule has 1 atom stereocenters. The van der Waals surface area contributed by atoms with Crippen molar-refractivity contribution in [1.29, 1.82) is 0 Å². The number of phenolic OH excluding ortho intramolecular Hbond substituents is 1. The molecule has 2 N–H and O–H groups in total. The van der Waals surface area contributed by atoms with Crippen LogP contribution in [0.15, 0.2) is 42.5 Å². The van der Waals surface area contributed by atoms with Crippen molar-refractivity contribution in [1.82, 2.24) is 0 Å². The summed E-state index contributed by atoms with van der Waals surface area (Å²) < 4.78 is 5.54. The number of phenols is 1. The van der Waals surface area contributed by atoms with Gasteiger partial charge in [0, 0.05) is 0 Å². The number of carbonyl (C=O) groups is 2. The van der Waals surface area contributed by atoms with Gasteiger partial charge in [0.2, 0.25) is 5.91 Å². The summed E-state index contributed by atoms with van der Waals surface area (Å²) in [5, 5.41) is 12.5. The van der Waals surface area contributed by atoms with Crippen LogP contribution in [0.3, 0.4) is 0 Å². The first kappa shape index (κ1) is 15.9. The van der Waals surface area contributed by atoms with Crippen molar-refractivity contribution in [3.63, 3.8) is 0 Å². The summed E-state index contributed by atoms with van der Waals surface area (Å²) in [5.74, 6) is -0.121. The normalized spacial score (nSPS) is 16.3. The Bertz CT molecular complexity index is 803. The molecule has 0 unspecified atom stereocenters. The van der Waals surface area contributed by atoms with Gasteiger partial charge in [0.25, 0.3) is 5.91 Å². The summed E-state index contributed by atoms with van der Waals surface area (Å²) in [6, 6.07) is 12.1. The van der Waals surface area contributed by atoms with E-state index < -0.39 is 12.0 Å². The quantitative estimate of drug-likeness (QED) is 0.849. The second-order valence-corrected chi connectivity index (χ2v) is 5.72. The van der Waals surface area contributed by atoms with E-state index in [0.717, 1.165) is 5.56 Å². The molecule has 2 aromatic rings. The van der Waals surface area contributed by atoms with Gasteiger partial charge in [0.15, 0.2) is 6.10 Å². The third kappa shape index (κ3) is 3.03. The van der Waals surface area contributed by atoms with Crippen LogP contribution in [0.5, 0.6) is 11.5 Å². The van der Waals surface area contributed by atoms with Crippen molar-refractivity contribution in [2.45, 2.75) is 20.0 Å². The number of hydrogen-bond acceptors (Lipinski definition) is 4. The number of para-hydroxylation sites is 2. The van der Waals surface area contributed by atoms with Crippen LogP contribution in [0.1, 0.15) is 12.5 Å². The molecule has 24 heavy (non-hydrogen) atoms. The van der Waals surface area contributed by atoms with Crippen molar-refractivity contribution >= 4 is 23.2 Å². The molecular weight excluding hydrogens is 308 g/mol. The highest BCUT2D eigenvalue weighted by Crippen LogP contribution is 2.33. The lowest BCUT2D eigenvalue weighted by Crippen LogP contribution is -2.47. The number of rotatable bonds is 3. The van der Waals surface area contributed by atoms with Gasteiger partial charge in [-0.1, -0.05) is 18.2 Å². The Hall–Kier alpha value is -3.02. The molecule has 0 aromatic heterocycles. The highest BCUT2D eigenvalue weighted by atomic mass is 16.5. The average molecular weight is 326 g/mol. The first-order valence-corrected chi connectivity index (χ1v) is 7.62. The summed E-state index contributed by atoms with van der Waals surface area (Å²) in [5.41, 5.74) is 1.76. The Balaban J connectivity index is 1.79. The number of nitrogens with zero attached hydrogens (tertiary/aromatic N) is 1. The van der Waals surface area contributed by atoms with Crippen LogP contribution in [0.4, 0.5) is 11.4 Å². The number of fused-ring (bicyclic) bond motifs is 1. The van der Waals surface area contributed by atoms with Gasteiger partial charge in [-0.3, -0.25) is 14.5 Å². The summed E-state index contributed by atoms with van der Waals surface area (Å²) in [4.78, 5) is 26.1. The maximum atomic E-state index is 12.4. The maximum absolute atomic E-state index is 12.4. The lowest BCUT2D eigenvalue weighted by Gasteiger charge is -2.32. The highest BCUT2D eigenvalue weighted by molar-refractivity contribution is 6.06. The zero-order valence-corrected chi connectivity index (χ0v) is 13.4. The molecule has 0 saturated heterocycles. The van der Waals surface area contributed by atoms with Crippen LogP contribution in [0.25, 0.3) is 0 Å². The van der Waals surface area contributed by atoms with Crippen molar-refractivity contribution in [2.24, 2.45) is 0 Å². The van der Waals surface area contributed by atoms with E-state index in [4.69, 9.17) is 4.74 Å². The van der Waals surface area contributed by atoms with E-state index in [0.29, 0.717) is 17.1 Å². The molecule has 2 aromatic carbocycles. The van der Waals surface area contributed by atoms with Gasteiger partial charge < -0.3 is 15.2 Å². The van der Waals surface area contributed by atoms with Gasteiger partial charge in [-0.15, -0.1) is 0 Å². The predicted molar refractivity (Wildman–Crippen MR) is 90.4 cm³/mol.